The van der Waals surface area contributed by atoms with Crippen LogP contribution in [0.2, 0.25) is 0 Å². The summed E-state index contributed by atoms with van der Waals surface area (Å²) >= 11 is 0. The summed E-state index contributed by atoms with van der Waals surface area (Å²) in [5.41, 5.74) is 3.55. The average Bonchev–Trinajstić information content (AvgIpc) is 2.83. The van der Waals surface area contributed by atoms with Crippen LogP contribution in [0.5, 0.6) is 5.75 Å². The second kappa shape index (κ2) is 15.1. The van der Waals surface area contributed by atoms with Crippen LogP contribution in [0.15, 0.2) is 53.5 Å². The molecule has 8 heteroatoms. The van der Waals surface area contributed by atoms with E-state index in [2.05, 4.69) is 76.0 Å². The smallest absolute Gasteiger partial charge is 0.191 e. The Morgan fingerprint density at radius 1 is 1.09 bits per heavy atom. The van der Waals surface area contributed by atoms with Crippen LogP contribution in [0.1, 0.15) is 22.7 Å². The van der Waals surface area contributed by atoms with Crippen molar-refractivity contribution in [1.82, 2.24) is 15.5 Å². The van der Waals surface area contributed by atoms with Crippen LogP contribution in [0.25, 0.3) is 0 Å². The zero-order valence-electron chi connectivity index (χ0n) is 19.9. The largest absolute Gasteiger partial charge is 0.491 e. The number of benzene rings is 2. The number of halogens is 1. The highest BCUT2D eigenvalue weighted by Gasteiger charge is 2.22. The Bertz CT molecular complexity index is 845. The summed E-state index contributed by atoms with van der Waals surface area (Å²) in [6.07, 6.45) is 0. The van der Waals surface area contributed by atoms with E-state index in [-0.39, 0.29) is 30.0 Å². The summed E-state index contributed by atoms with van der Waals surface area (Å²) in [5.74, 6) is 1.64. The second-order valence-electron chi connectivity index (χ2n) is 7.83. The van der Waals surface area contributed by atoms with Gasteiger partial charge in [0.15, 0.2) is 5.96 Å². The summed E-state index contributed by atoms with van der Waals surface area (Å²) < 4.78 is 16.6. The number of rotatable bonds is 10. The number of nitrogens with zero attached hydrogens (tertiary/aromatic N) is 2. The number of hydrogen-bond acceptors (Lipinski definition) is 5. The molecule has 0 aromatic heterocycles. The molecule has 1 fully saturated rings. The number of aryl methyl sites for hydroxylation is 1. The van der Waals surface area contributed by atoms with E-state index in [1.165, 1.54) is 11.1 Å². The van der Waals surface area contributed by atoms with E-state index in [0.717, 1.165) is 50.1 Å². The molecule has 1 aliphatic rings. The summed E-state index contributed by atoms with van der Waals surface area (Å²) in [7, 11) is 3.48. The van der Waals surface area contributed by atoms with Crippen molar-refractivity contribution in [2.75, 3.05) is 60.2 Å². The first kappa shape index (κ1) is 27.4. The average molecular weight is 569 g/mol. The minimum Gasteiger partial charge on any atom is -0.491 e. The molecule has 1 heterocycles. The predicted octanol–water partition coefficient (Wildman–Crippen LogP) is 3.38. The monoisotopic (exact) mass is 568 g/mol. The molecule has 2 aromatic carbocycles. The summed E-state index contributed by atoms with van der Waals surface area (Å²) in [4.78, 5) is 6.90. The Kier molecular flexibility index (Phi) is 12.5. The molecule has 7 nitrogen and oxygen atoms in total. The molecule has 1 saturated heterocycles. The van der Waals surface area contributed by atoms with E-state index in [9.17, 15) is 0 Å². The van der Waals surface area contributed by atoms with E-state index < -0.39 is 0 Å². The standard InChI is InChI=1S/C25H36N4O3.HI/c1-20-9-10-22(24(17-20)32-16-15-30-3)18-27-25(26-2)28-19-23(21-7-5-4-6-8-21)29-11-13-31-14-12-29;/h4-10,17,23H,11-16,18-19H2,1-3H3,(H2,26,27,28);1H. The molecule has 2 aromatic rings. The van der Waals surface area contributed by atoms with Crippen LogP contribution in [-0.4, -0.2) is 71.1 Å². The SMILES string of the molecule is CN=C(NCc1ccc(C)cc1OCCOC)NCC(c1ccccc1)N1CCOCC1.I. The fourth-order valence-electron chi connectivity index (χ4n) is 3.79. The minimum atomic E-state index is 0. The number of methoxy groups -OCH3 is 1. The maximum atomic E-state index is 5.92. The first-order valence-corrected chi connectivity index (χ1v) is 11.2. The molecule has 0 saturated carbocycles. The Balaban J connectivity index is 0.00000385. The molecule has 0 aliphatic carbocycles. The third kappa shape index (κ3) is 8.77. The summed E-state index contributed by atoms with van der Waals surface area (Å²) in [5, 5.41) is 6.94. The van der Waals surface area contributed by atoms with Gasteiger partial charge in [0, 0.05) is 45.9 Å². The highest BCUT2D eigenvalue weighted by molar-refractivity contribution is 14.0. The normalized spacial score (nSPS) is 15.4. The fourth-order valence-corrected chi connectivity index (χ4v) is 3.79. The van der Waals surface area contributed by atoms with Crippen LogP contribution in [0.4, 0.5) is 0 Å². The number of aliphatic imine (C=N–C) groups is 1. The number of nitrogens with one attached hydrogen (secondary N) is 2. The molecule has 182 valence electrons. The van der Waals surface area contributed by atoms with Gasteiger partial charge in [0.25, 0.3) is 0 Å². The van der Waals surface area contributed by atoms with Crippen molar-refractivity contribution in [3.05, 3.63) is 65.2 Å². The third-order valence-electron chi connectivity index (χ3n) is 5.57. The Labute approximate surface area is 214 Å². The molecular weight excluding hydrogens is 531 g/mol. The van der Waals surface area contributed by atoms with Crippen molar-refractivity contribution < 1.29 is 14.2 Å². The van der Waals surface area contributed by atoms with E-state index in [0.29, 0.717) is 19.8 Å². The van der Waals surface area contributed by atoms with Gasteiger partial charge in [-0.25, -0.2) is 0 Å². The summed E-state index contributed by atoms with van der Waals surface area (Å²) in [6.45, 7) is 7.94. The molecular formula is C25H37IN4O3. The van der Waals surface area contributed by atoms with Crippen molar-refractivity contribution in [2.24, 2.45) is 4.99 Å². The van der Waals surface area contributed by atoms with E-state index >= 15 is 0 Å². The van der Waals surface area contributed by atoms with Crippen molar-refractivity contribution in [3.63, 3.8) is 0 Å². The zero-order valence-corrected chi connectivity index (χ0v) is 22.2. The van der Waals surface area contributed by atoms with Crippen molar-refractivity contribution in [3.8, 4) is 5.75 Å². The van der Waals surface area contributed by atoms with Crippen LogP contribution >= 0.6 is 24.0 Å². The molecule has 0 spiro atoms. The molecule has 1 aliphatic heterocycles. The lowest BCUT2D eigenvalue weighted by atomic mass is 10.0. The van der Waals surface area contributed by atoms with E-state index in [1.807, 2.05) is 0 Å². The van der Waals surface area contributed by atoms with Gasteiger partial charge in [-0.3, -0.25) is 9.89 Å². The molecule has 33 heavy (non-hydrogen) atoms. The van der Waals surface area contributed by atoms with Crippen molar-refractivity contribution in [2.45, 2.75) is 19.5 Å². The van der Waals surface area contributed by atoms with Crippen molar-refractivity contribution >= 4 is 29.9 Å². The van der Waals surface area contributed by atoms with Crippen LogP contribution < -0.4 is 15.4 Å². The Morgan fingerprint density at radius 3 is 2.55 bits per heavy atom. The lowest BCUT2D eigenvalue weighted by Gasteiger charge is -2.35. The number of guanidine groups is 1. The van der Waals surface area contributed by atoms with Gasteiger partial charge >= 0.3 is 0 Å². The first-order chi connectivity index (χ1) is 15.7. The van der Waals surface area contributed by atoms with Crippen molar-refractivity contribution in [1.29, 1.82) is 0 Å². The lowest BCUT2D eigenvalue weighted by Crippen LogP contribution is -2.46. The number of ether oxygens (including phenoxy) is 3. The van der Waals surface area contributed by atoms with Gasteiger partial charge in [-0.2, -0.15) is 0 Å². The van der Waals surface area contributed by atoms with Gasteiger partial charge in [-0.1, -0.05) is 42.5 Å². The molecule has 2 N–H and O–H groups in total. The van der Waals surface area contributed by atoms with E-state index in [4.69, 9.17) is 14.2 Å². The maximum Gasteiger partial charge on any atom is 0.191 e. The molecule has 1 unspecified atom stereocenters. The van der Waals surface area contributed by atoms with Gasteiger partial charge in [0.1, 0.15) is 12.4 Å². The van der Waals surface area contributed by atoms with Crippen LogP contribution in [0.3, 0.4) is 0 Å². The number of morpholine rings is 1. The van der Waals surface area contributed by atoms with Crippen LogP contribution in [0, 0.1) is 6.92 Å². The van der Waals surface area contributed by atoms with Gasteiger partial charge in [0.2, 0.25) is 0 Å². The maximum absolute atomic E-state index is 5.92. The molecule has 1 atom stereocenters. The topological polar surface area (TPSA) is 67.4 Å². The summed E-state index contributed by atoms with van der Waals surface area (Å²) in [6, 6.07) is 17.1. The molecule has 0 bridgehead atoms. The van der Waals surface area contributed by atoms with Crippen LogP contribution in [-0.2, 0) is 16.0 Å². The molecule has 0 amide bonds. The number of hydrogen-bond donors (Lipinski definition) is 2. The first-order valence-electron chi connectivity index (χ1n) is 11.2. The Morgan fingerprint density at radius 2 is 1.85 bits per heavy atom. The Hall–Kier alpha value is -1.88. The zero-order chi connectivity index (χ0) is 22.6. The van der Waals surface area contributed by atoms with Gasteiger partial charge in [0.05, 0.1) is 25.9 Å². The van der Waals surface area contributed by atoms with Gasteiger partial charge < -0.3 is 24.8 Å². The van der Waals surface area contributed by atoms with Gasteiger partial charge in [-0.15, -0.1) is 24.0 Å². The quantitative estimate of drug-likeness (QED) is 0.198. The third-order valence-corrected chi connectivity index (χ3v) is 5.57. The highest BCUT2D eigenvalue weighted by atomic mass is 127. The predicted molar refractivity (Wildman–Crippen MR) is 144 cm³/mol. The fraction of sp³-hybridized carbons (Fsp3) is 0.480. The lowest BCUT2D eigenvalue weighted by molar-refractivity contribution is 0.0170. The molecule has 3 rings (SSSR count). The minimum absolute atomic E-state index is 0. The second-order valence-corrected chi connectivity index (χ2v) is 7.83. The van der Waals surface area contributed by atoms with Gasteiger partial charge in [-0.05, 0) is 24.1 Å². The highest BCUT2D eigenvalue weighted by Crippen LogP contribution is 2.22. The van der Waals surface area contributed by atoms with E-state index in [1.54, 1.807) is 14.2 Å². The molecule has 0 radical (unpaired) electrons.